The van der Waals surface area contributed by atoms with Gasteiger partial charge in [0.15, 0.2) is 0 Å². The molecule has 1 aliphatic rings. The van der Waals surface area contributed by atoms with Gasteiger partial charge in [0.25, 0.3) is 5.79 Å². The molecule has 1 saturated carbocycles. The standard InChI is InChI=1S/C13H12F4N2O5/c14-7-1-2-9(19(21)22)10(5-7)23-12(4-3-8(18)6-12)24-11(20)13(15,16)17/h1-2,5,8H,3-4,6,18H2/t8-,12+/m0/s1. The zero-order valence-electron chi connectivity index (χ0n) is 12.0. The summed E-state index contributed by atoms with van der Waals surface area (Å²) in [5, 5.41) is 10.9. The number of nitro groups is 1. The van der Waals surface area contributed by atoms with E-state index in [1.54, 1.807) is 0 Å². The van der Waals surface area contributed by atoms with E-state index in [4.69, 9.17) is 10.5 Å². The Labute approximate surface area is 132 Å². The maximum absolute atomic E-state index is 13.3. The van der Waals surface area contributed by atoms with Gasteiger partial charge in [-0.25, -0.2) is 9.18 Å². The normalized spacial score (nSPS) is 23.8. The second-order valence-corrected chi connectivity index (χ2v) is 5.27. The number of hydrogen-bond acceptors (Lipinski definition) is 6. The molecule has 0 bridgehead atoms. The second-order valence-electron chi connectivity index (χ2n) is 5.27. The minimum atomic E-state index is -5.28. The fourth-order valence-corrected chi connectivity index (χ4v) is 2.36. The summed E-state index contributed by atoms with van der Waals surface area (Å²) in [7, 11) is 0. The van der Waals surface area contributed by atoms with Crippen LogP contribution in [-0.4, -0.2) is 28.9 Å². The summed E-state index contributed by atoms with van der Waals surface area (Å²) in [5.74, 6) is -6.22. The van der Waals surface area contributed by atoms with Gasteiger partial charge in [0.05, 0.1) is 4.92 Å². The Morgan fingerprint density at radius 1 is 1.42 bits per heavy atom. The number of halogens is 4. The van der Waals surface area contributed by atoms with Crippen LogP contribution in [0.4, 0.5) is 23.2 Å². The maximum Gasteiger partial charge on any atom is 0.491 e. The lowest BCUT2D eigenvalue weighted by Crippen LogP contribution is -2.43. The van der Waals surface area contributed by atoms with Gasteiger partial charge >= 0.3 is 17.8 Å². The van der Waals surface area contributed by atoms with Gasteiger partial charge in [0.2, 0.25) is 5.75 Å². The number of alkyl halides is 3. The lowest BCUT2D eigenvalue weighted by atomic mass is 10.2. The molecule has 7 nitrogen and oxygen atoms in total. The van der Waals surface area contributed by atoms with E-state index in [1.165, 1.54) is 0 Å². The van der Waals surface area contributed by atoms with E-state index in [0.717, 1.165) is 12.1 Å². The molecule has 0 aliphatic heterocycles. The molecule has 0 heterocycles. The van der Waals surface area contributed by atoms with Gasteiger partial charge in [-0.15, -0.1) is 0 Å². The third-order valence-electron chi connectivity index (χ3n) is 3.39. The number of carbonyl (C=O) groups is 1. The lowest BCUT2D eigenvalue weighted by molar-refractivity contribution is -0.387. The zero-order chi connectivity index (χ0) is 18.1. The van der Waals surface area contributed by atoms with Crippen molar-refractivity contribution in [3.63, 3.8) is 0 Å². The van der Waals surface area contributed by atoms with Gasteiger partial charge < -0.3 is 15.2 Å². The van der Waals surface area contributed by atoms with Crippen molar-refractivity contribution in [2.45, 2.75) is 37.3 Å². The minimum Gasteiger partial charge on any atom is -0.445 e. The number of nitrogens with zero attached hydrogens (tertiary/aromatic N) is 1. The summed E-state index contributed by atoms with van der Waals surface area (Å²) in [6.07, 6.45) is -5.66. The Kier molecular flexibility index (Phi) is 4.65. The highest BCUT2D eigenvalue weighted by atomic mass is 19.4. The first-order valence-electron chi connectivity index (χ1n) is 6.71. The predicted molar refractivity (Wildman–Crippen MR) is 70.4 cm³/mol. The van der Waals surface area contributed by atoms with E-state index < -0.39 is 46.2 Å². The molecule has 11 heteroatoms. The van der Waals surface area contributed by atoms with Gasteiger partial charge in [-0.3, -0.25) is 10.1 Å². The molecule has 0 saturated heterocycles. The van der Waals surface area contributed by atoms with Crippen LogP contribution in [0.2, 0.25) is 0 Å². The average Bonchev–Trinajstić information content (AvgIpc) is 2.78. The van der Waals surface area contributed by atoms with Gasteiger partial charge in [-0.05, 0) is 12.5 Å². The molecular weight excluding hydrogens is 340 g/mol. The molecule has 0 spiro atoms. The van der Waals surface area contributed by atoms with E-state index in [-0.39, 0.29) is 19.3 Å². The van der Waals surface area contributed by atoms with Crippen molar-refractivity contribution in [3.8, 4) is 5.75 Å². The fraction of sp³-hybridized carbons (Fsp3) is 0.462. The molecule has 1 aromatic carbocycles. The largest absolute Gasteiger partial charge is 0.491 e. The van der Waals surface area contributed by atoms with Crippen molar-refractivity contribution in [2.24, 2.45) is 5.73 Å². The summed E-state index contributed by atoms with van der Waals surface area (Å²) in [6.45, 7) is 0. The zero-order valence-corrected chi connectivity index (χ0v) is 12.0. The van der Waals surface area contributed by atoms with Crippen molar-refractivity contribution >= 4 is 11.7 Å². The summed E-state index contributed by atoms with van der Waals surface area (Å²) < 4.78 is 60.2. The van der Waals surface area contributed by atoms with Crippen LogP contribution in [0, 0.1) is 15.9 Å². The quantitative estimate of drug-likeness (QED) is 0.293. The third-order valence-corrected chi connectivity index (χ3v) is 3.39. The third kappa shape index (κ3) is 3.91. The number of hydrogen-bond donors (Lipinski definition) is 1. The molecule has 24 heavy (non-hydrogen) atoms. The van der Waals surface area contributed by atoms with E-state index >= 15 is 0 Å². The Morgan fingerprint density at radius 3 is 2.58 bits per heavy atom. The first kappa shape index (κ1) is 17.9. The number of carbonyl (C=O) groups excluding carboxylic acids is 1. The number of nitrogens with two attached hydrogens (primary N) is 1. The number of nitro benzene ring substituents is 1. The maximum atomic E-state index is 13.3. The van der Waals surface area contributed by atoms with Crippen LogP contribution in [0.3, 0.4) is 0 Å². The Bertz CT molecular complexity index is 666. The van der Waals surface area contributed by atoms with E-state index in [9.17, 15) is 32.5 Å². The monoisotopic (exact) mass is 352 g/mol. The Morgan fingerprint density at radius 2 is 2.08 bits per heavy atom. The molecule has 1 aromatic rings. The number of benzene rings is 1. The van der Waals surface area contributed by atoms with Gasteiger partial charge in [0.1, 0.15) is 5.82 Å². The fourth-order valence-electron chi connectivity index (χ4n) is 2.36. The van der Waals surface area contributed by atoms with E-state index in [0.29, 0.717) is 6.07 Å². The van der Waals surface area contributed by atoms with Crippen LogP contribution in [0.1, 0.15) is 19.3 Å². The number of ether oxygens (including phenoxy) is 2. The molecule has 1 aliphatic carbocycles. The summed E-state index contributed by atoms with van der Waals surface area (Å²) >= 11 is 0. The van der Waals surface area contributed by atoms with Crippen LogP contribution in [0.25, 0.3) is 0 Å². The van der Waals surface area contributed by atoms with Crippen molar-refractivity contribution < 1.29 is 36.8 Å². The first-order chi connectivity index (χ1) is 11.0. The molecule has 0 unspecified atom stereocenters. The topological polar surface area (TPSA) is 105 Å². The Balaban J connectivity index is 2.36. The lowest BCUT2D eigenvalue weighted by Gasteiger charge is -2.30. The highest BCUT2D eigenvalue weighted by Crippen LogP contribution is 2.40. The molecule has 0 amide bonds. The van der Waals surface area contributed by atoms with Crippen molar-refractivity contribution in [1.29, 1.82) is 0 Å². The molecule has 2 atom stereocenters. The second kappa shape index (κ2) is 6.23. The van der Waals surface area contributed by atoms with Crippen LogP contribution >= 0.6 is 0 Å². The molecule has 0 aromatic heterocycles. The molecule has 1 fully saturated rings. The average molecular weight is 352 g/mol. The smallest absolute Gasteiger partial charge is 0.445 e. The van der Waals surface area contributed by atoms with Crippen LogP contribution in [-0.2, 0) is 9.53 Å². The minimum absolute atomic E-state index is 0.161. The van der Waals surface area contributed by atoms with E-state index in [1.807, 2.05) is 0 Å². The summed E-state index contributed by atoms with van der Waals surface area (Å²) in [4.78, 5) is 21.2. The first-order valence-corrected chi connectivity index (χ1v) is 6.71. The predicted octanol–water partition coefficient (Wildman–Crippen LogP) is 2.43. The van der Waals surface area contributed by atoms with Gasteiger partial charge in [-0.2, -0.15) is 13.2 Å². The van der Waals surface area contributed by atoms with Crippen LogP contribution < -0.4 is 10.5 Å². The van der Waals surface area contributed by atoms with Gasteiger partial charge in [-0.1, -0.05) is 0 Å². The summed E-state index contributed by atoms with van der Waals surface area (Å²) in [5.41, 5.74) is 4.93. The number of esters is 1. The highest BCUT2D eigenvalue weighted by Gasteiger charge is 2.51. The molecule has 2 N–H and O–H groups in total. The van der Waals surface area contributed by atoms with Crippen LogP contribution in [0.15, 0.2) is 18.2 Å². The summed E-state index contributed by atoms with van der Waals surface area (Å²) in [6, 6.07) is 1.57. The number of rotatable bonds is 4. The molecule has 0 radical (unpaired) electrons. The molecule has 132 valence electrons. The van der Waals surface area contributed by atoms with Crippen LogP contribution in [0.5, 0.6) is 5.75 Å². The SMILES string of the molecule is N[C@H]1CC[C@](OC(=O)C(F)(F)F)(Oc2cc(F)ccc2[N+](=O)[O-])C1. The van der Waals surface area contributed by atoms with Crippen molar-refractivity contribution in [1.82, 2.24) is 0 Å². The molecular formula is C13H12F4N2O5. The van der Waals surface area contributed by atoms with Crippen molar-refractivity contribution in [3.05, 3.63) is 34.1 Å². The molecule has 2 rings (SSSR count). The van der Waals surface area contributed by atoms with E-state index in [2.05, 4.69) is 4.74 Å². The highest BCUT2D eigenvalue weighted by molar-refractivity contribution is 5.76. The Hall–Kier alpha value is -2.43. The van der Waals surface area contributed by atoms with Gasteiger partial charge in [0, 0.05) is 31.0 Å². The van der Waals surface area contributed by atoms with Crippen molar-refractivity contribution in [2.75, 3.05) is 0 Å².